The Morgan fingerprint density at radius 3 is 2.48 bits per heavy atom. The highest BCUT2D eigenvalue weighted by atomic mass is 32.1. The van der Waals surface area contributed by atoms with Crippen LogP contribution in [0.5, 0.6) is 0 Å². The average Bonchev–Trinajstić information content (AvgIpc) is 2.83. The van der Waals surface area contributed by atoms with Crippen LogP contribution in [0.15, 0.2) is 0 Å². The summed E-state index contributed by atoms with van der Waals surface area (Å²) in [4.78, 5) is 16.5. The van der Waals surface area contributed by atoms with E-state index < -0.39 is 5.97 Å². The third-order valence-corrected chi connectivity index (χ3v) is 4.99. The minimum absolute atomic E-state index is 0.232. The molecular weight excluding hydrogens is 288 g/mol. The minimum Gasteiger partial charge on any atom is -0.465 e. The van der Waals surface area contributed by atoms with Gasteiger partial charge in [-0.15, -0.1) is 11.3 Å². The van der Waals surface area contributed by atoms with Crippen LogP contribution in [-0.4, -0.2) is 50.2 Å². The van der Waals surface area contributed by atoms with Gasteiger partial charge >= 0.3 is 5.97 Å². The number of nitrogens with zero attached hydrogens (tertiary/aromatic N) is 3. The van der Waals surface area contributed by atoms with Gasteiger partial charge in [-0.25, -0.2) is 4.79 Å². The number of carbonyl (C=O) groups is 1. The first-order chi connectivity index (χ1) is 9.99. The van der Waals surface area contributed by atoms with Crippen LogP contribution >= 0.6 is 11.3 Å². The van der Waals surface area contributed by atoms with E-state index in [1.54, 1.807) is 0 Å². The maximum Gasteiger partial charge on any atom is 0.350 e. The van der Waals surface area contributed by atoms with Gasteiger partial charge in [0.2, 0.25) is 0 Å². The van der Waals surface area contributed by atoms with E-state index in [0.29, 0.717) is 16.5 Å². The Morgan fingerprint density at radius 1 is 1.38 bits per heavy atom. The molecule has 0 aromatic carbocycles. The number of esters is 1. The lowest BCUT2D eigenvalue weighted by molar-refractivity contribution is 0.0607. The SMILES string of the molecule is COC(=O)c1sc(N2CCN(C(C)C)CC2)c(C#N)c1N. The molecule has 114 valence electrons. The van der Waals surface area contributed by atoms with Crippen LogP contribution < -0.4 is 10.6 Å². The van der Waals surface area contributed by atoms with Crippen LogP contribution in [0.1, 0.15) is 29.1 Å². The van der Waals surface area contributed by atoms with E-state index in [1.807, 2.05) is 0 Å². The molecule has 2 rings (SSSR count). The first kappa shape index (κ1) is 15.6. The predicted molar refractivity (Wildman–Crippen MR) is 83.7 cm³/mol. The third kappa shape index (κ3) is 2.96. The summed E-state index contributed by atoms with van der Waals surface area (Å²) in [5.41, 5.74) is 6.54. The van der Waals surface area contributed by atoms with Crippen LogP contribution in [0.4, 0.5) is 10.7 Å². The molecule has 0 radical (unpaired) electrons. The van der Waals surface area contributed by atoms with Gasteiger partial charge in [0.25, 0.3) is 0 Å². The second-order valence-corrected chi connectivity index (χ2v) is 6.24. The Labute approximate surface area is 128 Å². The second kappa shape index (κ2) is 6.33. The summed E-state index contributed by atoms with van der Waals surface area (Å²) in [6.45, 7) is 7.88. The molecule has 2 heterocycles. The Kier molecular flexibility index (Phi) is 4.70. The molecule has 1 aromatic rings. The van der Waals surface area contributed by atoms with Gasteiger partial charge in [-0.2, -0.15) is 5.26 Å². The average molecular weight is 308 g/mol. The first-order valence-electron chi connectivity index (χ1n) is 6.89. The molecule has 0 aliphatic carbocycles. The largest absolute Gasteiger partial charge is 0.465 e. The summed E-state index contributed by atoms with van der Waals surface area (Å²) in [5, 5.41) is 10.1. The molecule has 1 saturated heterocycles. The number of rotatable bonds is 3. The number of hydrogen-bond donors (Lipinski definition) is 1. The van der Waals surface area contributed by atoms with Crippen LogP contribution in [0, 0.1) is 11.3 Å². The topological polar surface area (TPSA) is 82.6 Å². The summed E-state index contributed by atoms with van der Waals surface area (Å²) in [6, 6.07) is 2.63. The molecule has 1 aliphatic rings. The zero-order valence-corrected chi connectivity index (χ0v) is 13.4. The van der Waals surface area contributed by atoms with E-state index >= 15 is 0 Å². The lowest BCUT2D eigenvalue weighted by Gasteiger charge is -2.37. The van der Waals surface area contributed by atoms with Crippen molar-refractivity contribution in [3.05, 3.63) is 10.4 Å². The fourth-order valence-corrected chi connectivity index (χ4v) is 3.59. The number of piperazine rings is 1. The van der Waals surface area contributed by atoms with Gasteiger partial charge in [0.15, 0.2) is 0 Å². The lowest BCUT2D eigenvalue weighted by Crippen LogP contribution is -2.48. The van der Waals surface area contributed by atoms with Crippen LogP contribution in [0.2, 0.25) is 0 Å². The zero-order valence-electron chi connectivity index (χ0n) is 12.5. The highest BCUT2D eigenvalue weighted by molar-refractivity contribution is 7.18. The van der Waals surface area contributed by atoms with Gasteiger partial charge in [0.05, 0.1) is 12.8 Å². The van der Waals surface area contributed by atoms with E-state index in [0.717, 1.165) is 31.2 Å². The van der Waals surface area contributed by atoms with Crippen molar-refractivity contribution in [3.63, 3.8) is 0 Å². The van der Waals surface area contributed by atoms with Gasteiger partial charge in [0, 0.05) is 32.2 Å². The highest BCUT2D eigenvalue weighted by Crippen LogP contribution is 2.38. The van der Waals surface area contributed by atoms with E-state index in [9.17, 15) is 10.1 Å². The molecule has 6 nitrogen and oxygen atoms in total. The van der Waals surface area contributed by atoms with E-state index in [-0.39, 0.29) is 5.69 Å². The summed E-state index contributed by atoms with van der Waals surface area (Å²) >= 11 is 1.24. The molecule has 7 heteroatoms. The van der Waals surface area contributed by atoms with E-state index in [2.05, 4.69) is 29.7 Å². The number of hydrogen-bond acceptors (Lipinski definition) is 7. The molecule has 1 aliphatic heterocycles. The molecule has 0 amide bonds. The Bertz CT molecular complexity index is 568. The van der Waals surface area contributed by atoms with Crippen LogP contribution in [-0.2, 0) is 4.74 Å². The van der Waals surface area contributed by atoms with Crippen molar-refractivity contribution >= 4 is 28.0 Å². The number of carbonyl (C=O) groups excluding carboxylic acids is 1. The number of nitrogen functional groups attached to an aromatic ring is 1. The van der Waals surface area contributed by atoms with Crippen molar-refractivity contribution in [3.8, 4) is 6.07 Å². The van der Waals surface area contributed by atoms with Gasteiger partial charge in [0.1, 0.15) is 21.5 Å². The molecule has 0 unspecified atom stereocenters. The van der Waals surface area contributed by atoms with Gasteiger partial charge in [-0.1, -0.05) is 0 Å². The number of anilines is 2. The van der Waals surface area contributed by atoms with Crippen molar-refractivity contribution in [2.45, 2.75) is 19.9 Å². The molecule has 0 atom stereocenters. The number of nitriles is 1. The standard InChI is InChI=1S/C14H20N4O2S/c1-9(2)17-4-6-18(7-5-17)13-10(8-15)11(16)12(21-13)14(19)20-3/h9H,4-7,16H2,1-3H3. The molecule has 2 N–H and O–H groups in total. The van der Waals surface area contributed by atoms with Crippen molar-refractivity contribution in [1.29, 1.82) is 5.26 Å². The maximum atomic E-state index is 11.7. The summed E-state index contributed by atoms with van der Waals surface area (Å²) in [5.74, 6) is -0.485. The molecule has 1 aromatic heterocycles. The third-order valence-electron chi connectivity index (χ3n) is 3.74. The van der Waals surface area contributed by atoms with Crippen molar-refractivity contribution in [1.82, 2.24) is 4.90 Å². The number of methoxy groups -OCH3 is 1. The maximum absolute atomic E-state index is 11.7. The smallest absolute Gasteiger partial charge is 0.350 e. The number of nitrogens with two attached hydrogens (primary N) is 1. The van der Waals surface area contributed by atoms with Crippen molar-refractivity contribution in [2.24, 2.45) is 0 Å². The quantitative estimate of drug-likeness (QED) is 0.853. The van der Waals surface area contributed by atoms with E-state index in [4.69, 9.17) is 10.5 Å². The monoisotopic (exact) mass is 308 g/mol. The molecule has 0 spiro atoms. The Morgan fingerprint density at radius 2 is 2.00 bits per heavy atom. The molecule has 21 heavy (non-hydrogen) atoms. The van der Waals surface area contributed by atoms with Gasteiger partial charge in [-0.05, 0) is 13.8 Å². The van der Waals surface area contributed by atoms with E-state index in [1.165, 1.54) is 18.4 Å². The van der Waals surface area contributed by atoms with Crippen LogP contribution in [0.25, 0.3) is 0 Å². The van der Waals surface area contributed by atoms with Gasteiger partial charge < -0.3 is 15.4 Å². The fraction of sp³-hybridized carbons (Fsp3) is 0.571. The normalized spacial score (nSPS) is 16.0. The minimum atomic E-state index is -0.485. The molecule has 0 bridgehead atoms. The van der Waals surface area contributed by atoms with Crippen LogP contribution in [0.3, 0.4) is 0 Å². The summed E-state index contributed by atoms with van der Waals surface area (Å²) in [7, 11) is 1.31. The lowest BCUT2D eigenvalue weighted by atomic mass is 10.2. The molecular formula is C14H20N4O2S. The van der Waals surface area contributed by atoms with Gasteiger partial charge in [-0.3, -0.25) is 4.90 Å². The first-order valence-corrected chi connectivity index (χ1v) is 7.70. The van der Waals surface area contributed by atoms with Crippen molar-refractivity contribution < 1.29 is 9.53 Å². The number of thiophene rings is 1. The second-order valence-electron chi connectivity index (χ2n) is 5.25. The molecule has 1 fully saturated rings. The zero-order chi connectivity index (χ0) is 15.6. The highest BCUT2D eigenvalue weighted by Gasteiger charge is 2.27. The Hall–Kier alpha value is -1.78. The summed E-state index contributed by atoms with van der Waals surface area (Å²) in [6.07, 6.45) is 0. The Balaban J connectivity index is 2.25. The molecule has 0 saturated carbocycles. The fourth-order valence-electron chi connectivity index (χ4n) is 2.45. The summed E-state index contributed by atoms with van der Waals surface area (Å²) < 4.78 is 4.72. The predicted octanol–water partition coefficient (Wildman–Crippen LogP) is 1.52. The van der Waals surface area contributed by atoms with Crippen molar-refractivity contribution in [2.75, 3.05) is 43.9 Å². The number of ether oxygens (including phenoxy) is 1.